The smallest absolute Gasteiger partial charge is 0.129 e. The second-order valence-electron chi connectivity index (χ2n) is 4.92. The topological polar surface area (TPSA) is 27.7 Å². The molecule has 0 amide bonds. The first-order chi connectivity index (χ1) is 10.5. The van der Waals surface area contributed by atoms with Crippen LogP contribution in [0.3, 0.4) is 0 Å². The molecule has 0 spiro atoms. The molecule has 0 aliphatic carbocycles. The zero-order valence-electron chi connectivity index (χ0n) is 13.0. The van der Waals surface area contributed by atoms with Gasteiger partial charge in [-0.15, -0.1) is 0 Å². The summed E-state index contributed by atoms with van der Waals surface area (Å²) in [5.41, 5.74) is 2.62. The lowest BCUT2D eigenvalue weighted by molar-refractivity contribution is 0.299. The van der Waals surface area contributed by atoms with E-state index in [1.807, 2.05) is 19.9 Å². The monoisotopic (exact) mass is 308 g/mol. The predicted octanol–water partition coefficient (Wildman–Crippen LogP) is 4.18. The average molecular weight is 308 g/mol. The highest BCUT2D eigenvalue weighted by molar-refractivity contribution is 5.53. The van der Waals surface area contributed by atoms with Crippen molar-refractivity contribution in [1.29, 1.82) is 0 Å². The lowest BCUT2D eigenvalue weighted by Gasteiger charge is -2.17. The van der Waals surface area contributed by atoms with E-state index in [0.717, 1.165) is 34.9 Å². The molecule has 3 nitrogen and oxygen atoms in total. The van der Waals surface area contributed by atoms with E-state index in [2.05, 4.69) is 0 Å². The summed E-state index contributed by atoms with van der Waals surface area (Å²) in [4.78, 5) is 0. The average Bonchev–Trinajstić information content (AvgIpc) is 2.46. The Morgan fingerprint density at radius 1 is 0.864 bits per heavy atom. The number of benzene rings is 2. The lowest BCUT2D eigenvalue weighted by Crippen LogP contribution is -2.03. The quantitative estimate of drug-likeness (QED) is 0.829. The van der Waals surface area contributed by atoms with Crippen molar-refractivity contribution in [3.63, 3.8) is 0 Å². The fraction of sp³-hybridized carbons (Fsp3) is 0.294. The van der Waals surface area contributed by atoms with Crippen LogP contribution in [0.2, 0.25) is 0 Å². The fourth-order valence-corrected chi connectivity index (χ4v) is 2.35. The molecule has 0 heterocycles. The van der Waals surface area contributed by atoms with Crippen LogP contribution in [0, 0.1) is 25.5 Å². The zero-order chi connectivity index (χ0) is 16.3. The van der Waals surface area contributed by atoms with Gasteiger partial charge >= 0.3 is 0 Å². The lowest BCUT2D eigenvalue weighted by atomic mass is 10.0. The summed E-state index contributed by atoms with van der Waals surface area (Å²) in [7, 11) is 3.16. The molecular formula is C17H18F2O3. The molecule has 5 heteroatoms. The van der Waals surface area contributed by atoms with E-state index in [9.17, 15) is 8.78 Å². The molecule has 0 aliphatic rings. The van der Waals surface area contributed by atoms with Gasteiger partial charge in [-0.05, 0) is 31.0 Å². The largest absolute Gasteiger partial charge is 0.496 e. The van der Waals surface area contributed by atoms with Gasteiger partial charge in [0.1, 0.15) is 35.5 Å². The van der Waals surface area contributed by atoms with Crippen LogP contribution in [-0.4, -0.2) is 14.2 Å². The van der Waals surface area contributed by atoms with E-state index in [0.29, 0.717) is 11.5 Å². The summed E-state index contributed by atoms with van der Waals surface area (Å²) in [6.45, 7) is 3.95. The van der Waals surface area contributed by atoms with Crippen LogP contribution in [0.15, 0.2) is 24.3 Å². The predicted molar refractivity (Wildman–Crippen MR) is 79.7 cm³/mol. The Balaban J connectivity index is 2.29. The standard InChI is InChI=1S/C17H18F2O3/c1-10-12(5-16(20-3)11(2)17(10)21-4)9-22-15-7-13(18)6-14(19)8-15/h5-8H,9H2,1-4H3. The van der Waals surface area contributed by atoms with Crippen LogP contribution in [0.5, 0.6) is 17.2 Å². The van der Waals surface area contributed by atoms with Crippen molar-refractivity contribution in [3.8, 4) is 17.2 Å². The van der Waals surface area contributed by atoms with Crippen molar-refractivity contribution < 1.29 is 23.0 Å². The van der Waals surface area contributed by atoms with Gasteiger partial charge in [0, 0.05) is 23.8 Å². The first-order valence-electron chi connectivity index (χ1n) is 6.76. The van der Waals surface area contributed by atoms with E-state index in [1.54, 1.807) is 14.2 Å². The van der Waals surface area contributed by atoms with E-state index >= 15 is 0 Å². The molecule has 0 aliphatic heterocycles. The van der Waals surface area contributed by atoms with Crippen LogP contribution >= 0.6 is 0 Å². The molecule has 0 saturated carbocycles. The molecule has 0 fully saturated rings. The maximum Gasteiger partial charge on any atom is 0.129 e. The second-order valence-corrected chi connectivity index (χ2v) is 4.92. The van der Waals surface area contributed by atoms with Gasteiger partial charge in [0.2, 0.25) is 0 Å². The molecule has 2 aromatic carbocycles. The van der Waals surface area contributed by atoms with E-state index in [-0.39, 0.29) is 12.4 Å². The Hall–Kier alpha value is -2.30. The normalized spacial score (nSPS) is 10.5. The van der Waals surface area contributed by atoms with Gasteiger partial charge in [-0.3, -0.25) is 0 Å². The highest BCUT2D eigenvalue weighted by atomic mass is 19.1. The number of methoxy groups -OCH3 is 2. The van der Waals surface area contributed by atoms with Crippen molar-refractivity contribution in [1.82, 2.24) is 0 Å². The van der Waals surface area contributed by atoms with Crippen LogP contribution in [-0.2, 0) is 6.61 Å². The van der Waals surface area contributed by atoms with Gasteiger partial charge in [-0.2, -0.15) is 0 Å². The molecule has 0 bridgehead atoms. The summed E-state index contributed by atoms with van der Waals surface area (Å²) in [5.74, 6) is 0.168. The third-order valence-electron chi connectivity index (χ3n) is 3.49. The molecule has 0 aromatic heterocycles. The first kappa shape index (κ1) is 16.1. The van der Waals surface area contributed by atoms with Crippen LogP contribution in [0.1, 0.15) is 16.7 Å². The Morgan fingerprint density at radius 2 is 1.50 bits per heavy atom. The zero-order valence-corrected chi connectivity index (χ0v) is 13.0. The molecule has 0 unspecified atom stereocenters. The second kappa shape index (κ2) is 6.64. The number of halogens is 2. The molecule has 0 radical (unpaired) electrons. The summed E-state index contributed by atoms with van der Waals surface area (Å²) >= 11 is 0. The van der Waals surface area contributed by atoms with Crippen molar-refractivity contribution in [3.05, 3.63) is 52.6 Å². The van der Waals surface area contributed by atoms with Gasteiger partial charge in [0.15, 0.2) is 0 Å². The molecule has 2 rings (SSSR count). The molecule has 118 valence electrons. The molecular weight excluding hydrogens is 290 g/mol. The van der Waals surface area contributed by atoms with Crippen molar-refractivity contribution >= 4 is 0 Å². The maximum atomic E-state index is 13.2. The summed E-state index contributed by atoms with van der Waals surface area (Å²) < 4.78 is 42.5. The van der Waals surface area contributed by atoms with Crippen LogP contribution in [0.4, 0.5) is 8.78 Å². The Morgan fingerprint density at radius 3 is 2.05 bits per heavy atom. The SMILES string of the molecule is COc1cc(COc2cc(F)cc(F)c2)c(C)c(OC)c1C. The highest BCUT2D eigenvalue weighted by Gasteiger charge is 2.14. The number of rotatable bonds is 5. The van der Waals surface area contributed by atoms with Gasteiger partial charge in [0.25, 0.3) is 0 Å². The van der Waals surface area contributed by atoms with Gasteiger partial charge in [-0.1, -0.05) is 0 Å². The summed E-state index contributed by atoms with van der Waals surface area (Å²) in [6.07, 6.45) is 0. The number of ether oxygens (including phenoxy) is 3. The van der Waals surface area contributed by atoms with E-state index in [4.69, 9.17) is 14.2 Å². The van der Waals surface area contributed by atoms with Gasteiger partial charge in [-0.25, -0.2) is 8.78 Å². The van der Waals surface area contributed by atoms with Crippen molar-refractivity contribution in [2.24, 2.45) is 0 Å². The molecule has 0 atom stereocenters. The minimum Gasteiger partial charge on any atom is -0.496 e. The molecule has 0 saturated heterocycles. The van der Waals surface area contributed by atoms with E-state index in [1.165, 1.54) is 0 Å². The Kier molecular flexibility index (Phi) is 4.85. The molecule has 22 heavy (non-hydrogen) atoms. The third kappa shape index (κ3) is 3.30. The summed E-state index contributed by atoms with van der Waals surface area (Å²) in [6, 6.07) is 4.92. The number of hydrogen-bond donors (Lipinski definition) is 0. The molecule has 2 aromatic rings. The van der Waals surface area contributed by atoms with Crippen LogP contribution < -0.4 is 14.2 Å². The van der Waals surface area contributed by atoms with Crippen molar-refractivity contribution in [2.45, 2.75) is 20.5 Å². The van der Waals surface area contributed by atoms with Gasteiger partial charge < -0.3 is 14.2 Å². The van der Waals surface area contributed by atoms with Crippen LogP contribution in [0.25, 0.3) is 0 Å². The number of hydrogen-bond acceptors (Lipinski definition) is 3. The summed E-state index contributed by atoms with van der Waals surface area (Å²) in [5, 5.41) is 0. The fourth-order valence-electron chi connectivity index (χ4n) is 2.35. The first-order valence-corrected chi connectivity index (χ1v) is 6.76. The Labute approximate surface area is 128 Å². The van der Waals surface area contributed by atoms with Crippen molar-refractivity contribution in [2.75, 3.05) is 14.2 Å². The molecule has 0 N–H and O–H groups in total. The Bertz CT molecular complexity index is 664. The minimum atomic E-state index is -0.675. The highest BCUT2D eigenvalue weighted by Crippen LogP contribution is 2.34. The van der Waals surface area contributed by atoms with E-state index < -0.39 is 11.6 Å². The van der Waals surface area contributed by atoms with Gasteiger partial charge in [0.05, 0.1) is 14.2 Å². The maximum absolute atomic E-state index is 13.2. The third-order valence-corrected chi connectivity index (χ3v) is 3.49. The minimum absolute atomic E-state index is 0.135.